The molecule has 0 aliphatic carbocycles. The molecule has 6 heteroatoms. The molecule has 5 nitrogen and oxygen atoms in total. The molecule has 0 radical (unpaired) electrons. The Kier molecular flexibility index (Phi) is 9.73. The number of hydrogen-bond acceptors (Lipinski definition) is 5. The number of ether oxygens (including phenoxy) is 4. The molecule has 0 aliphatic rings. The second-order valence-corrected chi connectivity index (χ2v) is 4.35. The monoisotopic (exact) mass is 301 g/mol. The van der Waals surface area contributed by atoms with Crippen LogP contribution in [-0.4, -0.2) is 53.8 Å². The van der Waals surface area contributed by atoms with Gasteiger partial charge < -0.3 is 24.3 Å². The summed E-state index contributed by atoms with van der Waals surface area (Å²) in [7, 11) is 3.25. The van der Waals surface area contributed by atoms with Crippen LogP contribution in [0.25, 0.3) is 0 Å². The molecule has 0 fully saturated rings. The SMILES string of the molecule is COCCNCc1cccc(F)c1OCCOCCOC. The van der Waals surface area contributed by atoms with Crippen LogP contribution in [0.1, 0.15) is 5.56 Å². The van der Waals surface area contributed by atoms with Crippen molar-refractivity contribution in [3.05, 3.63) is 29.6 Å². The zero-order valence-corrected chi connectivity index (χ0v) is 12.7. The highest BCUT2D eigenvalue weighted by Crippen LogP contribution is 2.22. The van der Waals surface area contributed by atoms with Crippen LogP contribution in [0.3, 0.4) is 0 Å². The van der Waals surface area contributed by atoms with Gasteiger partial charge in [-0.25, -0.2) is 4.39 Å². The first kappa shape index (κ1) is 17.8. The molecule has 0 heterocycles. The molecule has 0 spiro atoms. The van der Waals surface area contributed by atoms with Gasteiger partial charge in [0.05, 0.1) is 26.4 Å². The Labute approximate surface area is 125 Å². The van der Waals surface area contributed by atoms with Crippen molar-refractivity contribution in [1.29, 1.82) is 0 Å². The van der Waals surface area contributed by atoms with Crippen LogP contribution < -0.4 is 10.1 Å². The number of para-hydroxylation sites is 1. The fourth-order valence-electron chi connectivity index (χ4n) is 1.70. The second kappa shape index (κ2) is 11.4. The van der Waals surface area contributed by atoms with Crippen molar-refractivity contribution in [3.63, 3.8) is 0 Å². The minimum atomic E-state index is -0.363. The number of hydrogen-bond donors (Lipinski definition) is 1. The van der Waals surface area contributed by atoms with E-state index in [1.54, 1.807) is 20.3 Å². The van der Waals surface area contributed by atoms with E-state index >= 15 is 0 Å². The Hall–Kier alpha value is -1.21. The predicted octanol–water partition coefficient (Wildman–Crippen LogP) is 1.60. The van der Waals surface area contributed by atoms with Gasteiger partial charge in [0.15, 0.2) is 11.6 Å². The van der Waals surface area contributed by atoms with E-state index in [1.165, 1.54) is 6.07 Å². The van der Waals surface area contributed by atoms with Gasteiger partial charge in [-0.3, -0.25) is 0 Å². The van der Waals surface area contributed by atoms with Gasteiger partial charge in [0.1, 0.15) is 6.61 Å². The number of methoxy groups -OCH3 is 2. The summed E-state index contributed by atoms with van der Waals surface area (Å²) in [5, 5.41) is 3.17. The maximum Gasteiger partial charge on any atom is 0.165 e. The lowest BCUT2D eigenvalue weighted by Crippen LogP contribution is -2.19. The van der Waals surface area contributed by atoms with E-state index in [0.717, 1.165) is 5.56 Å². The Balaban J connectivity index is 2.39. The first-order chi connectivity index (χ1) is 10.3. The van der Waals surface area contributed by atoms with Crippen molar-refractivity contribution in [2.24, 2.45) is 0 Å². The molecule has 1 N–H and O–H groups in total. The summed E-state index contributed by atoms with van der Waals surface area (Å²) in [6.45, 7) is 3.58. The van der Waals surface area contributed by atoms with E-state index in [1.807, 2.05) is 6.07 Å². The number of rotatable bonds is 12. The highest BCUT2D eigenvalue weighted by molar-refractivity contribution is 5.34. The van der Waals surface area contributed by atoms with Crippen molar-refractivity contribution in [2.75, 3.05) is 53.8 Å². The molecule has 1 aromatic carbocycles. The molecule has 0 saturated heterocycles. The highest BCUT2D eigenvalue weighted by Gasteiger charge is 2.09. The number of nitrogens with one attached hydrogen (secondary N) is 1. The van der Waals surface area contributed by atoms with Gasteiger partial charge in [-0.15, -0.1) is 0 Å². The first-order valence-electron chi connectivity index (χ1n) is 6.96. The minimum Gasteiger partial charge on any atom is -0.488 e. The highest BCUT2D eigenvalue weighted by atomic mass is 19.1. The maximum atomic E-state index is 13.8. The fraction of sp³-hybridized carbons (Fsp3) is 0.600. The molecular weight excluding hydrogens is 277 g/mol. The summed E-state index contributed by atoms with van der Waals surface area (Å²) in [4.78, 5) is 0. The third-order valence-corrected chi connectivity index (χ3v) is 2.75. The zero-order valence-electron chi connectivity index (χ0n) is 12.7. The van der Waals surface area contributed by atoms with E-state index in [9.17, 15) is 4.39 Å². The summed E-state index contributed by atoms with van der Waals surface area (Å²) in [6, 6.07) is 4.90. The molecule has 0 unspecified atom stereocenters. The smallest absolute Gasteiger partial charge is 0.165 e. The van der Waals surface area contributed by atoms with Crippen LogP contribution in [0.15, 0.2) is 18.2 Å². The van der Waals surface area contributed by atoms with Crippen LogP contribution in [0.2, 0.25) is 0 Å². The summed E-state index contributed by atoms with van der Waals surface area (Å²) in [5.41, 5.74) is 0.781. The molecule has 21 heavy (non-hydrogen) atoms. The van der Waals surface area contributed by atoms with E-state index in [2.05, 4.69) is 5.32 Å². The average Bonchev–Trinajstić information content (AvgIpc) is 2.49. The molecule has 0 amide bonds. The Morgan fingerprint density at radius 2 is 1.76 bits per heavy atom. The van der Waals surface area contributed by atoms with E-state index in [0.29, 0.717) is 46.1 Å². The molecule has 120 valence electrons. The van der Waals surface area contributed by atoms with Crippen LogP contribution in [0.4, 0.5) is 4.39 Å². The first-order valence-corrected chi connectivity index (χ1v) is 6.96. The van der Waals surface area contributed by atoms with E-state index < -0.39 is 0 Å². The summed E-state index contributed by atoms with van der Waals surface area (Å²) >= 11 is 0. The lowest BCUT2D eigenvalue weighted by molar-refractivity contribution is 0.0536. The van der Waals surface area contributed by atoms with Crippen molar-refractivity contribution >= 4 is 0 Å². The molecular formula is C15H24FNO4. The molecule has 0 saturated carbocycles. The van der Waals surface area contributed by atoms with Crippen LogP contribution in [0, 0.1) is 5.82 Å². The molecule has 1 rings (SSSR count). The average molecular weight is 301 g/mol. The maximum absolute atomic E-state index is 13.8. The fourth-order valence-corrected chi connectivity index (χ4v) is 1.70. The summed E-state index contributed by atoms with van der Waals surface area (Å²) in [5.74, 6) is -0.0873. The van der Waals surface area contributed by atoms with E-state index in [-0.39, 0.29) is 11.6 Å². The predicted molar refractivity (Wildman–Crippen MR) is 78.2 cm³/mol. The quantitative estimate of drug-likeness (QED) is 0.594. The van der Waals surface area contributed by atoms with Gasteiger partial charge in [0.25, 0.3) is 0 Å². The van der Waals surface area contributed by atoms with E-state index in [4.69, 9.17) is 18.9 Å². The van der Waals surface area contributed by atoms with Crippen molar-refractivity contribution in [3.8, 4) is 5.75 Å². The zero-order chi connectivity index (χ0) is 15.3. The van der Waals surface area contributed by atoms with Crippen molar-refractivity contribution in [1.82, 2.24) is 5.32 Å². The largest absolute Gasteiger partial charge is 0.488 e. The molecule has 0 aromatic heterocycles. The summed E-state index contributed by atoms with van der Waals surface area (Å²) < 4.78 is 34.4. The lowest BCUT2D eigenvalue weighted by atomic mass is 10.2. The topological polar surface area (TPSA) is 49.0 Å². The van der Waals surface area contributed by atoms with Gasteiger partial charge in [0, 0.05) is 32.9 Å². The summed E-state index contributed by atoms with van der Waals surface area (Å²) in [6.07, 6.45) is 0. The van der Waals surface area contributed by atoms with Crippen LogP contribution >= 0.6 is 0 Å². The molecule has 1 aromatic rings. The normalized spacial score (nSPS) is 10.8. The minimum absolute atomic E-state index is 0.276. The van der Waals surface area contributed by atoms with Gasteiger partial charge in [-0.2, -0.15) is 0 Å². The van der Waals surface area contributed by atoms with Crippen LogP contribution in [-0.2, 0) is 20.8 Å². The number of halogens is 1. The third-order valence-electron chi connectivity index (χ3n) is 2.75. The van der Waals surface area contributed by atoms with Gasteiger partial charge >= 0.3 is 0 Å². The molecule has 0 aliphatic heterocycles. The van der Waals surface area contributed by atoms with Gasteiger partial charge in [-0.1, -0.05) is 12.1 Å². The van der Waals surface area contributed by atoms with Crippen LogP contribution in [0.5, 0.6) is 5.75 Å². The standard InChI is InChI=1S/C15H24FNO4/c1-18-7-6-17-12-13-4-3-5-14(16)15(13)21-11-10-20-9-8-19-2/h3-5,17H,6-12H2,1-2H3. The van der Waals surface area contributed by atoms with Crippen molar-refractivity contribution < 1.29 is 23.3 Å². The second-order valence-electron chi connectivity index (χ2n) is 4.35. The Bertz CT molecular complexity index is 390. The molecule has 0 atom stereocenters. The Morgan fingerprint density at radius 1 is 1.00 bits per heavy atom. The van der Waals surface area contributed by atoms with Gasteiger partial charge in [-0.05, 0) is 6.07 Å². The van der Waals surface area contributed by atoms with Gasteiger partial charge in [0.2, 0.25) is 0 Å². The third kappa shape index (κ3) is 7.38. The lowest BCUT2D eigenvalue weighted by Gasteiger charge is -2.13. The molecule has 0 bridgehead atoms. The number of benzene rings is 1. The Morgan fingerprint density at radius 3 is 2.52 bits per heavy atom. The van der Waals surface area contributed by atoms with Crippen molar-refractivity contribution in [2.45, 2.75) is 6.54 Å².